The average Bonchev–Trinajstić information content (AvgIpc) is 2.37. The van der Waals surface area contributed by atoms with E-state index in [0.717, 1.165) is 5.33 Å². The van der Waals surface area contributed by atoms with Crippen LogP contribution >= 0.6 is 27.3 Å². The van der Waals surface area contributed by atoms with Crippen molar-refractivity contribution in [3.05, 3.63) is 16.6 Å². The van der Waals surface area contributed by atoms with Gasteiger partial charge in [-0.25, -0.2) is 0 Å². The summed E-state index contributed by atoms with van der Waals surface area (Å²) in [6.07, 6.45) is 1.93. The van der Waals surface area contributed by atoms with Gasteiger partial charge in [-0.2, -0.15) is 0 Å². The molecule has 1 unspecified atom stereocenters. The molecule has 1 heterocycles. The fraction of sp³-hybridized carbons (Fsp3) is 0.500. The van der Waals surface area contributed by atoms with Gasteiger partial charge in [0.25, 0.3) is 0 Å². The lowest BCUT2D eigenvalue weighted by Gasteiger charge is -1.99. The van der Waals surface area contributed by atoms with Gasteiger partial charge in [0.2, 0.25) is 0 Å². The molecule has 1 rings (SSSR count). The van der Waals surface area contributed by atoms with Gasteiger partial charge in [0.15, 0.2) is 0 Å². The van der Waals surface area contributed by atoms with Crippen LogP contribution in [0.1, 0.15) is 17.7 Å². The number of hydrogen-bond acceptors (Lipinski definition) is 2. The van der Waals surface area contributed by atoms with Crippen molar-refractivity contribution < 1.29 is 0 Å². The van der Waals surface area contributed by atoms with E-state index >= 15 is 0 Å². The van der Waals surface area contributed by atoms with E-state index in [1.165, 1.54) is 4.88 Å². The highest BCUT2D eigenvalue weighted by Gasteiger charge is 2.02. The maximum Gasteiger partial charge on any atom is 0.0794 e. The molecule has 0 amide bonds. The Morgan fingerprint density at radius 1 is 1.89 bits per heavy atom. The largest absolute Gasteiger partial charge is 0.253 e. The normalized spacial score (nSPS) is 13.6. The molecule has 0 bridgehead atoms. The zero-order valence-electron chi connectivity index (χ0n) is 5.17. The number of halogens is 1. The highest BCUT2D eigenvalue weighted by Crippen LogP contribution is 2.20. The van der Waals surface area contributed by atoms with Crippen molar-refractivity contribution in [2.24, 2.45) is 0 Å². The molecular formula is C6H8BrNS. The number of rotatable bonds is 2. The van der Waals surface area contributed by atoms with Crippen molar-refractivity contribution in [2.45, 2.75) is 12.8 Å². The summed E-state index contributed by atoms with van der Waals surface area (Å²) in [6, 6.07) is 0. The van der Waals surface area contributed by atoms with Crippen molar-refractivity contribution in [3.8, 4) is 0 Å². The standard InChI is InChI=1S/C6H8BrNS/c1-5(2-7)6-3-8-4-9-6/h3-5H,2H2,1H3. The fourth-order valence-corrected chi connectivity index (χ4v) is 1.79. The molecule has 3 heteroatoms. The van der Waals surface area contributed by atoms with Crippen molar-refractivity contribution >= 4 is 27.3 Å². The van der Waals surface area contributed by atoms with Gasteiger partial charge in [0.05, 0.1) is 5.51 Å². The molecule has 0 radical (unpaired) electrons. The summed E-state index contributed by atoms with van der Waals surface area (Å²) in [5, 5.41) is 1.02. The first-order chi connectivity index (χ1) is 4.34. The summed E-state index contributed by atoms with van der Waals surface area (Å²) in [4.78, 5) is 5.34. The van der Waals surface area contributed by atoms with E-state index in [1.54, 1.807) is 11.3 Å². The minimum absolute atomic E-state index is 0.609. The van der Waals surface area contributed by atoms with Crippen LogP contribution in [0.5, 0.6) is 0 Å². The zero-order valence-corrected chi connectivity index (χ0v) is 7.58. The molecule has 1 nitrogen and oxygen atoms in total. The maximum atomic E-state index is 3.99. The second kappa shape index (κ2) is 3.32. The quantitative estimate of drug-likeness (QED) is 0.678. The highest BCUT2D eigenvalue weighted by atomic mass is 79.9. The monoisotopic (exact) mass is 205 g/mol. The Bertz CT molecular complexity index is 162. The minimum Gasteiger partial charge on any atom is -0.253 e. The molecule has 0 aliphatic carbocycles. The molecule has 0 aliphatic rings. The molecule has 50 valence electrons. The van der Waals surface area contributed by atoms with E-state index in [4.69, 9.17) is 0 Å². The molecule has 0 N–H and O–H groups in total. The van der Waals surface area contributed by atoms with E-state index in [0.29, 0.717) is 5.92 Å². The lowest BCUT2D eigenvalue weighted by atomic mass is 10.2. The Hall–Kier alpha value is 0.110. The van der Waals surface area contributed by atoms with Gasteiger partial charge in [-0.3, -0.25) is 4.98 Å². The van der Waals surface area contributed by atoms with Crippen molar-refractivity contribution in [3.63, 3.8) is 0 Å². The molecule has 0 aliphatic heterocycles. The molecule has 0 fully saturated rings. The van der Waals surface area contributed by atoms with Gasteiger partial charge in [-0.15, -0.1) is 11.3 Å². The first-order valence-electron chi connectivity index (χ1n) is 2.79. The highest BCUT2D eigenvalue weighted by molar-refractivity contribution is 9.09. The second-order valence-electron chi connectivity index (χ2n) is 1.96. The van der Waals surface area contributed by atoms with E-state index in [9.17, 15) is 0 Å². The summed E-state index contributed by atoms with van der Waals surface area (Å²) in [5.74, 6) is 0.609. The van der Waals surface area contributed by atoms with Crippen LogP contribution < -0.4 is 0 Å². The van der Waals surface area contributed by atoms with E-state index < -0.39 is 0 Å². The van der Waals surface area contributed by atoms with Gasteiger partial charge in [-0.1, -0.05) is 22.9 Å². The van der Waals surface area contributed by atoms with E-state index in [-0.39, 0.29) is 0 Å². The molecule has 1 atom stereocenters. The summed E-state index contributed by atoms with van der Waals surface area (Å²) in [5.41, 5.74) is 1.87. The third kappa shape index (κ3) is 1.76. The summed E-state index contributed by atoms with van der Waals surface area (Å²) in [7, 11) is 0. The Labute approximate surface area is 67.3 Å². The maximum absolute atomic E-state index is 3.99. The molecule has 1 aromatic heterocycles. The Morgan fingerprint density at radius 2 is 2.67 bits per heavy atom. The smallest absolute Gasteiger partial charge is 0.0794 e. The second-order valence-corrected chi connectivity index (χ2v) is 3.52. The molecule has 0 saturated heterocycles. The van der Waals surface area contributed by atoms with Gasteiger partial charge >= 0.3 is 0 Å². The number of nitrogens with zero attached hydrogens (tertiary/aromatic N) is 1. The number of hydrogen-bond donors (Lipinski definition) is 0. The van der Waals surface area contributed by atoms with Crippen molar-refractivity contribution in [1.82, 2.24) is 4.98 Å². The van der Waals surface area contributed by atoms with Crippen molar-refractivity contribution in [2.75, 3.05) is 5.33 Å². The third-order valence-corrected chi connectivity index (χ3v) is 3.15. The summed E-state index contributed by atoms with van der Waals surface area (Å²) < 4.78 is 0. The Balaban J connectivity index is 2.65. The SMILES string of the molecule is CC(CBr)c1cncs1. The van der Waals surface area contributed by atoms with Gasteiger partial charge in [0, 0.05) is 22.3 Å². The fourth-order valence-electron chi connectivity index (χ4n) is 0.545. The van der Waals surface area contributed by atoms with Crippen LogP contribution in [0.3, 0.4) is 0 Å². The van der Waals surface area contributed by atoms with Crippen LogP contribution in [0.2, 0.25) is 0 Å². The topological polar surface area (TPSA) is 12.9 Å². The lowest BCUT2D eigenvalue weighted by Crippen LogP contribution is -1.88. The minimum atomic E-state index is 0.609. The first-order valence-corrected chi connectivity index (χ1v) is 4.79. The zero-order chi connectivity index (χ0) is 6.69. The number of aromatic nitrogens is 1. The predicted molar refractivity (Wildman–Crippen MR) is 44.3 cm³/mol. The van der Waals surface area contributed by atoms with Gasteiger partial charge in [0.1, 0.15) is 0 Å². The molecular weight excluding hydrogens is 198 g/mol. The van der Waals surface area contributed by atoms with Gasteiger partial charge < -0.3 is 0 Å². The van der Waals surface area contributed by atoms with Gasteiger partial charge in [-0.05, 0) is 0 Å². The molecule has 0 aromatic carbocycles. The van der Waals surface area contributed by atoms with Crippen LogP contribution in [-0.2, 0) is 0 Å². The van der Waals surface area contributed by atoms with Crippen LogP contribution in [0, 0.1) is 0 Å². The lowest BCUT2D eigenvalue weighted by molar-refractivity contribution is 0.907. The Morgan fingerprint density at radius 3 is 3.11 bits per heavy atom. The first kappa shape index (κ1) is 7.22. The van der Waals surface area contributed by atoms with Crippen LogP contribution in [0.25, 0.3) is 0 Å². The summed E-state index contributed by atoms with van der Waals surface area (Å²) in [6.45, 7) is 2.18. The summed E-state index contributed by atoms with van der Waals surface area (Å²) >= 11 is 5.13. The van der Waals surface area contributed by atoms with E-state index in [2.05, 4.69) is 27.8 Å². The third-order valence-electron chi connectivity index (χ3n) is 1.17. The molecule has 1 aromatic rings. The number of alkyl halides is 1. The number of thiazole rings is 1. The van der Waals surface area contributed by atoms with Crippen LogP contribution in [0.4, 0.5) is 0 Å². The molecule has 0 spiro atoms. The predicted octanol–water partition coefficient (Wildman–Crippen LogP) is 2.64. The Kier molecular flexibility index (Phi) is 2.66. The molecule has 0 saturated carbocycles. The molecule has 9 heavy (non-hydrogen) atoms. The average molecular weight is 206 g/mol. The van der Waals surface area contributed by atoms with E-state index in [1.807, 2.05) is 11.7 Å². The van der Waals surface area contributed by atoms with Crippen LogP contribution in [0.15, 0.2) is 11.7 Å². The van der Waals surface area contributed by atoms with Crippen LogP contribution in [-0.4, -0.2) is 10.3 Å². The van der Waals surface area contributed by atoms with Crippen molar-refractivity contribution in [1.29, 1.82) is 0 Å².